The Morgan fingerprint density at radius 3 is 2.69 bits per heavy atom. The van der Waals surface area contributed by atoms with E-state index in [-0.39, 0.29) is 5.41 Å². The number of nitriles is 1. The molecule has 1 aliphatic rings. The zero-order valence-electron chi connectivity index (χ0n) is 9.29. The van der Waals surface area contributed by atoms with Gasteiger partial charge in [-0.05, 0) is 42.6 Å². The van der Waals surface area contributed by atoms with E-state index >= 15 is 0 Å². The van der Waals surface area contributed by atoms with E-state index in [0.717, 1.165) is 10.2 Å². The highest BCUT2D eigenvalue weighted by atomic mass is 79.9. The van der Waals surface area contributed by atoms with Crippen molar-refractivity contribution in [2.45, 2.75) is 32.2 Å². The van der Waals surface area contributed by atoms with Gasteiger partial charge in [-0.25, -0.2) is 9.97 Å². The molecule has 1 saturated carbocycles. The first-order chi connectivity index (χ1) is 7.38. The Morgan fingerprint density at radius 2 is 2.19 bits per heavy atom. The molecule has 0 amide bonds. The Kier molecular flexibility index (Phi) is 2.52. The molecular formula is C11H13BrN4. The quantitative estimate of drug-likeness (QED) is 0.854. The zero-order chi connectivity index (χ0) is 12.0. The number of hydrogen-bond donors (Lipinski definition) is 1. The molecule has 0 atom stereocenters. The summed E-state index contributed by atoms with van der Waals surface area (Å²) in [6.45, 7) is 3.82. The Hall–Kier alpha value is -0.990. The molecule has 0 aromatic carbocycles. The summed E-state index contributed by atoms with van der Waals surface area (Å²) < 4.78 is 0.877. The lowest BCUT2D eigenvalue weighted by molar-refractivity contribution is 0.0893. The summed E-state index contributed by atoms with van der Waals surface area (Å²) in [7, 11) is 0. The van der Waals surface area contributed by atoms with Crippen molar-refractivity contribution in [3.05, 3.63) is 22.2 Å². The minimum Gasteiger partial charge on any atom is -0.319 e. The maximum absolute atomic E-state index is 8.97. The second kappa shape index (κ2) is 3.51. The fourth-order valence-electron chi connectivity index (χ4n) is 2.27. The number of halogens is 1. The van der Waals surface area contributed by atoms with Gasteiger partial charge in [0.05, 0.1) is 27.2 Å². The van der Waals surface area contributed by atoms with E-state index < -0.39 is 5.54 Å². The van der Waals surface area contributed by atoms with Gasteiger partial charge >= 0.3 is 0 Å². The van der Waals surface area contributed by atoms with Gasteiger partial charge in [-0.3, -0.25) is 0 Å². The van der Waals surface area contributed by atoms with Crippen molar-refractivity contribution >= 4 is 15.9 Å². The second-order valence-corrected chi connectivity index (χ2v) is 5.66. The van der Waals surface area contributed by atoms with Crippen LogP contribution in [0.25, 0.3) is 0 Å². The molecule has 16 heavy (non-hydrogen) atoms. The monoisotopic (exact) mass is 280 g/mol. The lowest BCUT2D eigenvalue weighted by Gasteiger charge is -2.47. The average Bonchev–Trinajstić information content (AvgIpc) is 2.19. The lowest BCUT2D eigenvalue weighted by atomic mass is 9.59. The first-order valence-electron chi connectivity index (χ1n) is 5.08. The van der Waals surface area contributed by atoms with Crippen molar-refractivity contribution in [1.82, 2.24) is 9.97 Å². The Labute approximate surface area is 103 Å². The lowest BCUT2D eigenvalue weighted by Crippen LogP contribution is -2.54. The van der Waals surface area contributed by atoms with Crippen molar-refractivity contribution < 1.29 is 0 Å². The molecule has 0 radical (unpaired) electrons. The molecule has 5 heteroatoms. The van der Waals surface area contributed by atoms with Crippen LogP contribution in [0.3, 0.4) is 0 Å². The number of rotatable bonds is 1. The van der Waals surface area contributed by atoms with Gasteiger partial charge in [0.1, 0.15) is 5.82 Å². The SMILES string of the molecule is Cc1nc(C2(N)CC(C)(C#N)C2)ncc1Br. The molecule has 0 unspecified atom stereocenters. The van der Waals surface area contributed by atoms with Crippen LogP contribution in [0.15, 0.2) is 10.7 Å². The summed E-state index contributed by atoms with van der Waals surface area (Å²) in [4.78, 5) is 8.61. The highest BCUT2D eigenvalue weighted by molar-refractivity contribution is 9.10. The number of nitrogens with two attached hydrogens (primary N) is 1. The molecule has 0 spiro atoms. The third-order valence-corrected chi connectivity index (χ3v) is 3.82. The summed E-state index contributed by atoms with van der Waals surface area (Å²) in [5.74, 6) is 0.640. The van der Waals surface area contributed by atoms with E-state index in [0.29, 0.717) is 18.7 Å². The predicted molar refractivity (Wildman–Crippen MR) is 63.3 cm³/mol. The maximum Gasteiger partial charge on any atom is 0.148 e. The Bertz CT molecular complexity index is 471. The molecule has 84 valence electrons. The molecule has 0 bridgehead atoms. The first kappa shape index (κ1) is 11.5. The van der Waals surface area contributed by atoms with Gasteiger partial charge in [-0.15, -0.1) is 0 Å². The van der Waals surface area contributed by atoms with E-state index in [9.17, 15) is 0 Å². The summed E-state index contributed by atoms with van der Waals surface area (Å²) in [5.41, 5.74) is 6.23. The molecule has 1 aromatic heterocycles. The van der Waals surface area contributed by atoms with Gasteiger partial charge in [-0.2, -0.15) is 5.26 Å². The van der Waals surface area contributed by atoms with Crippen LogP contribution in [-0.4, -0.2) is 9.97 Å². The highest BCUT2D eigenvalue weighted by Gasteiger charge is 2.52. The Morgan fingerprint density at radius 1 is 1.56 bits per heavy atom. The molecule has 4 nitrogen and oxygen atoms in total. The topological polar surface area (TPSA) is 75.6 Å². The second-order valence-electron chi connectivity index (χ2n) is 4.81. The molecule has 2 rings (SSSR count). The predicted octanol–water partition coefficient (Wildman–Crippen LogP) is 2.03. The number of aryl methyl sites for hydroxylation is 1. The van der Waals surface area contributed by atoms with Crippen LogP contribution in [0.5, 0.6) is 0 Å². The van der Waals surface area contributed by atoms with Gasteiger partial charge in [0, 0.05) is 6.20 Å². The van der Waals surface area contributed by atoms with E-state index in [1.54, 1.807) is 6.20 Å². The normalized spacial score (nSPS) is 32.9. The summed E-state index contributed by atoms with van der Waals surface area (Å²) in [5, 5.41) is 8.97. The minimum absolute atomic E-state index is 0.320. The van der Waals surface area contributed by atoms with Crippen molar-refractivity contribution in [1.29, 1.82) is 5.26 Å². The summed E-state index contributed by atoms with van der Waals surface area (Å²) in [6, 6.07) is 2.28. The maximum atomic E-state index is 8.97. The molecule has 1 fully saturated rings. The molecule has 0 aliphatic heterocycles. The molecule has 2 N–H and O–H groups in total. The van der Waals surface area contributed by atoms with Crippen molar-refractivity contribution in [3.63, 3.8) is 0 Å². The van der Waals surface area contributed by atoms with Crippen LogP contribution >= 0.6 is 15.9 Å². The van der Waals surface area contributed by atoms with E-state index in [1.807, 2.05) is 13.8 Å². The standard InChI is InChI=1S/C11H13BrN4/c1-7-8(12)3-15-9(16-7)11(14)4-10(2,5-11)6-13/h3H,4-5,14H2,1-2H3. The third kappa shape index (κ3) is 1.72. The minimum atomic E-state index is -0.532. The van der Waals surface area contributed by atoms with Gasteiger partial charge in [-0.1, -0.05) is 0 Å². The van der Waals surface area contributed by atoms with Crippen LogP contribution in [-0.2, 0) is 5.54 Å². The molecule has 1 aromatic rings. The molecule has 1 aliphatic carbocycles. The van der Waals surface area contributed by atoms with Crippen LogP contribution in [0, 0.1) is 23.7 Å². The number of hydrogen-bond acceptors (Lipinski definition) is 4. The zero-order valence-corrected chi connectivity index (χ0v) is 10.9. The van der Waals surface area contributed by atoms with Gasteiger partial charge in [0.25, 0.3) is 0 Å². The fraction of sp³-hybridized carbons (Fsp3) is 0.545. The smallest absolute Gasteiger partial charge is 0.148 e. The van der Waals surface area contributed by atoms with Gasteiger partial charge < -0.3 is 5.73 Å². The Balaban J connectivity index is 2.27. The highest BCUT2D eigenvalue weighted by Crippen LogP contribution is 2.50. The molecular weight excluding hydrogens is 268 g/mol. The third-order valence-electron chi connectivity index (χ3n) is 3.05. The molecule has 0 saturated heterocycles. The molecule has 1 heterocycles. The van der Waals surface area contributed by atoms with Crippen molar-refractivity contribution in [2.75, 3.05) is 0 Å². The summed E-state index contributed by atoms with van der Waals surface area (Å²) >= 11 is 3.35. The van der Waals surface area contributed by atoms with E-state index in [1.165, 1.54) is 0 Å². The summed E-state index contributed by atoms with van der Waals surface area (Å²) in [6.07, 6.45) is 2.96. The number of nitrogens with zero attached hydrogens (tertiary/aromatic N) is 3. The van der Waals surface area contributed by atoms with Crippen LogP contribution < -0.4 is 5.73 Å². The van der Waals surface area contributed by atoms with Crippen LogP contribution in [0.2, 0.25) is 0 Å². The van der Waals surface area contributed by atoms with Crippen molar-refractivity contribution in [2.24, 2.45) is 11.1 Å². The fourth-order valence-corrected chi connectivity index (χ4v) is 2.46. The number of aromatic nitrogens is 2. The average molecular weight is 281 g/mol. The largest absolute Gasteiger partial charge is 0.319 e. The van der Waals surface area contributed by atoms with Crippen LogP contribution in [0.1, 0.15) is 31.3 Å². The first-order valence-corrected chi connectivity index (χ1v) is 5.88. The van der Waals surface area contributed by atoms with E-state index in [2.05, 4.69) is 32.0 Å². The van der Waals surface area contributed by atoms with Crippen molar-refractivity contribution in [3.8, 4) is 6.07 Å². The van der Waals surface area contributed by atoms with E-state index in [4.69, 9.17) is 11.0 Å². The van der Waals surface area contributed by atoms with Gasteiger partial charge in [0.15, 0.2) is 0 Å². The van der Waals surface area contributed by atoms with Gasteiger partial charge in [0.2, 0.25) is 0 Å². The van der Waals surface area contributed by atoms with Crippen LogP contribution in [0.4, 0.5) is 0 Å².